The molecule has 106 valence electrons. The fourth-order valence-electron chi connectivity index (χ4n) is 2.94. The SMILES string of the molecule is Cc1cc(-c2cnn(C3CCCCC3)c2)c(Cl)cc1N. The molecule has 2 N–H and O–H groups in total. The Morgan fingerprint density at radius 2 is 2.00 bits per heavy atom. The lowest BCUT2D eigenvalue weighted by atomic mass is 9.96. The monoisotopic (exact) mass is 289 g/mol. The van der Waals surface area contributed by atoms with Crippen LogP contribution in [0.15, 0.2) is 24.5 Å². The topological polar surface area (TPSA) is 43.8 Å². The van der Waals surface area contributed by atoms with Gasteiger partial charge in [-0.2, -0.15) is 5.10 Å². The molecule has 20 heavy (non-hydrogen) atoms. The Kier molecular flexibility index (Phi) is 3.70. The molecule has 3 rings (SSSR count). The molecular weight excluding hydrogens is 270 g/mol. The molecule has 4 heteroatoms. The molecule has 0 spiro atoms. The van der Waals surface area contributed by atoms with Crippen LogP contribution in [0.5, 0.6) is 0 Å². The maximum atomic E-state index is 6.31. The average Bonchev–Trinajstić information content (AvgIpc) is 2.93. The molecule has 2 aromatic rings. The van der Waals surface area contributed by atoms with Crippen molar-refractivity contribution in [2.45, 2.75) is 45.1 Å². The Morgan fingerprint density at radius 3 is 2.75 bits per heavy atom. The first-order valence-electron chi connectivity index (χ1n) is 7.25. The van der Waals surface area contributed by atoms with Gasteiger partial charge in [0.15, 0.2) is 0 Å². The third kappa shape index (κ3) is 2.55. The predicted octanol–water partition coefficient (Wildman–Crippen LogP) is 4.60. The summed E-state index contributed by atoms with van der Waals surface area (Å²) in [5.74, 6) is 0. The van der Waals surface area contributed by atoms with Crippen LogP contribution in [-0.4, -0.2) is 9.78 Å². The molecule has 1 aliphatic carbocycles. The van der Waals surface area contributed by atoms with Crippen molar-refractivity contribution >= 4 is 17.3 Å². The van der Waals surface area contributed by atoms with Gasteiger partial charge in [0.2, 0.25) is 0 Å². The third-order valence-electron chi connectivity index (χ3n) is 4.22. The standard InChI is InChI=1S/C16H20ClN3/c1-11-7-14(15(17)8-16(11)18)12-9-19-20(10-12)13-5-3-2-4-6-13/h7-10,13H,2-6,18H2,1H3. The highest BCUT2D eigenvalue weighted by atomic mass is 35.5. The molecule has 1 fully saturated rings. The summed E-state index contributed by atoms with van der Waals surface area (Å²) in [6.45, 7) is 2.00. The maximum Gasteiger partial charge on any atom is 0.0568 e. The molecule has 1 aromatic carbocycles. The molecule has 0 atom stereocenters. The number of hydrogen-bond acceptors (Lipinski definition) is 2. The van der Waals surface area contributed by atoms with E-state index in [9.17, 15) is 0 Å². The fraction of sp³-hybridized carbons (Fsp3) is 0.438. The number of hydrogen-bond donors (Lipinski definition) is 1. The van der Waals surface area contributed by atoms with Crippen molar-refractivity contribution in [1.29, 1.82) is 0 Å². The van der Waals surface area contributed by atoms with Crippen LogP contribution < -0.4 is 5.73 Å². The average molecular weight is 290 g/mol. The Bertz CT molecular complexity index is 612. The number of aryl methyl sites for hydroxylation is 1. The summed E-state index contributed by atoms with van der Waals surface area (Å²) >= 11 is 6.31. The lowest BCUT2D eigenvalue weighted by molar-refractivity contribution is 0.329. The first-order valence-corrected chi connectivity index (χ1v) is 7.63. The van der Waals surface area contributed by atoms with Gasteiger partial charge in [0, 0.05) is 23.0 Å². The molecule has 0 amide bonds. The molecule has 0 unspecified atom stereocenters. The van der Waals surface area contributed by atoms with E-state index in [1.807, 2.05) is 25.3 Å². The number of halogens is 1. The van der Waals surface area contributed by atoms with Crippen molar-refractivity contribution in [3.05, 3.63) is 35.1 Å². The van der Waals surface area contributed by atoms with Gasteiger partial charge < -0.3 is 5.73 Å². The Morgan fingerprint density at radius 1 is 1.25 bits per heavy atom. The molecule has 0 aliphatic heterocycles. The summed E-state index contributed by atoms with van der Waals surface area (Å²) in [4.78, 5) is 0. The number of nitrogens with zero attached hydrogens (tertiary/aromatic N) is 2. The van der Waals surface area contributed by atoms with Crippen LogP contribution in [0.1, 0.15) is 43.7 Å². The molecular formula is C16H20ClN3. The number of benzene rings is 1. The van der Waals surface area contributed by atoms with Crippen LogP contribution in [0.3, 0.4) is 0 Å². The van der Waals surface area contributed by atoms with Crippen LogP contribution >= 0.6 is 11.6 Å². The second-order valence-corrected chi connectivity index (χ2v) is 6.10. The van der Waals surface area contributed by atoms with E-state index in [0.717, 1.165) is 22.4 Å². The van der Waals surface area contributed by atoms with Crippen molar-refractivity contribution < 1.29 is 0 Å². The molecule has 0 radical (unpaired) electrons. The van der Waals surface area contributed by atoms with E-state index in [2.05, 4.69) is 16.0 Å². The third-order valence-corrected chi connectivity index (χ3v) is 4.53. The number of nitrogen functional groups attached to an aromatic ring is 1. The van der Waals surface area contributed by atoms with Gasteiger partial charge in [-0.05, 0) is 37.5 Å². The zero-order chi connectivity index (χ0) is 14.1. The van der Waals surface area contributed by atoms with E-state index < -0.39 is 0 Å². The molecule has 0 saturated heterocycles. The lowest BCUT2D eigenvalue weighted by Crippen LogP contribution is -2.12. The zero-order valence-corrected chi connectivity index (χ0v) is 12.5. The summed E-state index contributed by atoms with van der Waals surface area (Å²) in [7, 11) is 0. The van der Waals surface area contributed by atoms with Gasteiger partial charge in [-0.3, -0.25) is 4.68 Å². The van der Waals surface area contributed by atoms with Crippen LogP contribution in [0.4, 0.5) is 5.69 Å². The van der Waals surface area contributed by atoms with Crippen LogP contribution in [0, 0.1) is 6.92 Å². The molecule has 1 saturated carbocycles. The Balaban J connectivity index is 1.91. The second-order valence-electron chi connectivity index (χ2n) is 5.69. The quantitative estimate of drug-likeness (QED) is 0.821. The largest absolute Gasteiger partial charge is 0.398 e. The molecule has 3 nitrogen and oxygen atoms in total. The minimum absolute atomic E-state index is 0.547. The lowest BCUT2D eigenvalue weighted by Gasteiger charge is -2.21. The highest BCUT2D eigenvalue weighted by Crippen LogP contribution is 2.33. The smallest absolute Gasteiger partial charge is 0.0568 e. The number of aromatic nitrogens is 2. The fourth-order valence-corrected chi connectivity index (χ4v) is 3.22. The second kappa shape index (κ2) is 5.49. The summed E-state index contributed by atoms with van der Waals surface area (Å²) < 4.78 is 2.11. The van der Waals surface area contributed by atoms with Gasteiger partial charge in [0.25, 0.3) is 0 Å². The van der Waals surface area contributed by atoms with E-state index in [1.54, 1.807) is 0 Å². The van der Waals surface area contributed by atoms with Crippen molar-refractivity contribution in [2.24, 2.45) is 0 Å². The van der Waals surface area contributed by atoms with Crippen LogP contribution in [0.25, 0.3) is 11.1 Å². The maximum absolute atomic E-state index is 6.31. The summed E-state index contributed by atoms with van der Waals surface area (Å²) in [6, 6.07) is 4.41. The van der Waals surface area contributed by atoms with Crippen LogP contribution in [-0.2, 0) is 0 Å². The van der Waals surface area contributed by atoms with Crippen molar-refractivity contribution in [3.8, 4) is 11.1 Å². The number of rotatable bonds is 2. The minimum atomic E-state index is 0.547. The highest BCUT2D eigenvalue weighted by Gasteiger charge is 2.17. The van der Waals surface area contributed by atoms with Gasteiger partial charge in [-0.15, -0.1) is 0 Å². The molecule has 1 aliphatic rings. The minimum Gasteiger partial charge on any atom is -0.398 e. The Hall–Kier alpha value is -1.48. The first kappa shape index (κ1) is 13.5. The Labute approximate surface area is 124 Å². The van der Waals surface area contributed by atoms with E-state index in [0.29, 0.717) is 11.1 Å². The van der Waals surface area contributed by atoms with Crippen molar-refractivity contribution in [3.63, 3.8) is 0 Å². The van der Waals surface area contributed by atoms with Gasteiger partial charge in [-0.25, -0.2) is 0 Å². The van der Waals surface area contributed by atoms with E-state index in [1.165, 1.54) is 32.1 Å². The van der Waals surface area contributed by atoms with Crippen molar-refractivity contribution in [2.75, 3.05) is 5.73 Å². The molecule has 0 bridgehead atoms. The van der Waals surface area contributed by atoms with Gasteiger partial charge >= 0.3 is 0 Å². The number of anilines is 1. The van der Waals surface area contributed by atoms with Gasteiger partial charge in [-0.1, -0.05) is 30.9 Å². The molecule has 1 aromatic heterocycles. The summed E-state index contributed by atoms with van der Waals surface area (Å²) in [6.07, 6.45) is 10.5. The van der Waals surface area contributed by atoms with E-state index in [-0.39, 0.29) is 0 Å². The van der Waals surface area contributed by atoms with Crippen molar-refractivity contribution in [1.82, 2.24) is 9.78 Å². The first-order chi connectivity index (χ1) is 9.65. The number of nitrogens with two attached hydrogens (primary N) is 1. The zero-order valence-electron chi connectivity index (χ0n) is 11.8. The normalized spacial score (nSPS) is 16.5. The van der Waals surface area contributed by atoms with Crippen LogP contribution in [0.2, 0.25) is 5.02 Å². The predicted molar refractivity (Wildman–Crippen MR) is 83.9 cm³/mol. The van der Waals surface area contributed by atoms with Gasteiger partial charge in [0.1, 0.15) is 0 Å². The van der Waals surface area contributed by atoms with Gasteiger partial charge in [0.05, 0.1) is 17.3 Å². The van der Waals surface area contributed by atoms with E-state index >= 15 is 0 Å². The van der Waals surface area contributed by atoms with E-state index in [4.69, 9.17) is 17.3 Å². The highest BCUT2D eigenvalue weighted by molar-refractivity contribution is 6.33. The molecule has 1 heterocycles. The summed E-state index contributed by atoms with van der Waals surface area (Å²) in [5, 5.41) is 5.23. The summed E-state index contributed by atoms with van der Waals surface area (Å²) in [5.41, 5.74) is 9.76.